The zero-order valence-electron chi connectivity index (χ0n) is 16.2. The fourth-order valence-corrected chi connectivity index (χ4v) is 5.23. The smallest absolute Gasteiger partial charge is 0.331 e. The lowest BCUT2D eigenvalue weighted by molar-refractivity contribution is -0.150. The largest absolute Gasteiger partial charge is 0.472 e. The van der Waals surface area contributed by atoms with E-state index >= 15 is 0 Å². The number of pyridine rings is 1. The first-order valence-electron chi connectivity index (χ1n) is 9.87. The van der Waals surface area contributed by atoms with Crippen molar-refractivity contribution in [1.29, 1.82) is 0 Å². The lowest BCUT2D eigenvalue weighted by Gasteiger charge is -2.45. The molecule has 4 heteroatoms. The summed E-state index contributed by atoms with van der Waals surface area (Å²) in [6.45, 7) is 6.79. The number of rotatable bonds is 1. The second kappa shape index (κ2) is 5.57. The number of esters is 1. The molecule has 0 spiro atoms. The minimum Gasteiger partial charge on any atom is -0.472 e. The van der Waals surface area contributed by atoms with Gasteiger partial charge in [-0.3, -0.25) is 4.98 Å². The minimum atomic E-state index is -0.315. The third kappa shape index (κ3) is 2.42. The van der Waals surface area contributed by atoms with E-state index in [-0.39, 0.29) is 22.9 Å². The minimum absolute atomic E-state index is 0.128. The highest BCUT2D eigenvalue weighted by Crippen LogP contribution is 2.56. The zero-order valence-corrected chi connectivity index (χ0v) is 16.2. The predicted molar refractivity (Wildman–Crippen MR) is 102 cm³/mol. The number of cyclic esters (lactones) is 1. The molecule has 0 fully saturated rings. The molecule has 2 aromatic rings. The number of carbonyl (C=O) groups is 1. The van der Waals surface area contributed by atoms with E-state index in [0.717, 1.165) is 41.7 Å². The molecule has 0 unspecified atom stereocenters. The fraction of sp³-hybridized carbons (Fsp3) is 0.478. The molecule has 3 heterocycles. The third-order valence-electron chi connectivity index (χ3n) is 6.78. The lowest BCUT2D eigenvalue weighted by Crippen LogP contribution is -2.38. The van der Waals surface area contributed by atoms with Crippen LogP contribution in [0, 0.1) is 5.41 Å². The molecule has 4 nitrogen and oxygen atoms in total. The first kappa shape index (κ1) is 16.8. The molecule has 140 valence electrons. The molecular weight excluding hydrogens is 338 g/mol. The van der Waals surface area contributed by atoms with Crippen molar-refractivity contribution in [2.45, 2.75) is 64.4 Å². The van der Waals surface area contributed by atoms with E-state index in [4.69, 9.17) is 14.1 Å². The van der Waals surface area contributed by atoms with E-state index in [1.165, 1.54) is 24.1 Å². The molecule has 0 amide bonds. The molecule has 3 aliphatic rings. The highest BCUT2D eigenvalue weighted by atomic mass is 16.5. The van der Waals surface area contributed by atoms with Gasteiger partial charge in [-0.15, -0.1) is 0 Å². The van der Waals surface area contributed by atoms with Gasteiger partial charge in [-0.2, -0.15) is 0 Å². The normalized spacial score (nSPS) is 28.5. The number of carbonyl (C=O) groups excluding carboxylic acids is 1. The summed E-state index contributed by atoms with van der Waals surface area (Å²) in [6, 6.07) is 4.21. The molecule has 27 heavy (non-hydrogen) atoms. The van der Waals surface area contributed by atoms with Gasteiger partial charge in [0.1, 0.15) is 6.10 Å². The Morgan fingerprint density at radius 1 is 1.19 bits per heavy atom. The van der Waals surface area contributed by atoms with Gasteiger partial charge in [0.15, 0.2) is 0 Å². The van der Waals surface area contributed by atoms with Crippen LogP contribution in [0.25, 0.3) is 5.57 Å². The van der Waals surface area contributed by atoms with E-state index in [1.54, 1.807) is 18.6 Å². The molecular formula is C23H25NO3. The number of hydrogen-bond donors (Lipinski definition) is 0. The van der Waals surface area contributed by atoms with Crippen molar-refractivity contribution in [2.24, 2.45) is 5.41 Å². The van der Waals surface area contributed by atoms with Gasteiger partial charge in [-0.1, -0.05) is 20.8 Å². The van der Waals surface area contributed by atoms with Crippen molar-refractivity contribution in [2.75, 3.05) is 0 Å². The van der Waals surface area contributed by atoms with E-state index in [9.17, 15) is 4.79 Å². The molecule has 0 aromatic carbocycles. The van der Waals surface area contributed by atoms with Gasteiger partial charge in [0.25, 0.3) is 0 Å². The van der Waals surface area contributed by atoms with Gasteiger partial charge in [-0.25, -0.2) is 4.79 Å². The Morgan fingerprint density at radius 2 is 2.04 bits per heavy atom. The quantitative estimate of drug-likeness (QED) is 0.675. The maximum atomic E-state index is 12.4. The fourth-order valence-electron chi connectivity index (χ4n) is 5.23. The Hall–Kier alpha value is -2.36. The van der Waals surface area contributed by atoms with Crippen molar-refractivity contribution in [3.05, 3.63) is 58.8 Å². The second-order valence-corrected chi connectivity index (χ2v) is 9.08. The summed E-state index contributed by atoms with van der Waals surface area (Å²) in [6.07, 6.45) is 9.95. The molecule has 0 radical (unpaired) electrons. The number of aryl methyl sites for hydroxylation is 2. The van der Waals surface area contributed by atoms with Gasteiger partial charge >= 0.3 is 5.97 Å². The number of aromatic nitrogens is 1. The topological polar surface area (TPSA) is 52.3 Å². The Balaban J connectivity index is 1.67. The predicted octanol–water partition coefficient (Wildman–Crippen LogP) is 4.92. The van der Waals surface area contributed by atoms with Crippen molar-refractivity contribution in [1.82, 2.24) is 4.98 Å². The summed E-state index contributed by atoms with van der Waals surface area (Å²) < 4.78 is 11.0. The standard InChI is InChI=1S/C23H25NO3/c1-22(2)8-4-5-14-11-16-17-12-19(25)27-21(15-7-10-26-13-15)23(17,3)9-6-18(16)24-20(14)22/h7,10-13,21H,4-6,8-9H2,1-3H3/t21-,23+/m1/s1. The lowest BCUT2D eigenvalue weighted by atomic mass is 9.64. The Labute approximate surface area is 159 Å². The van der Waals surface area contributed by atoms with Crippen molar-refractivity contribution < 1.29 is 13.9 Å². The van der Waals surface area contributed by atoms with E-state index < -0.39 is 0 Å². The van der Waals surface area contributed by atoms with Crippen LogP contribution in [0.3, 0.4) is 0 Å². The Kier molecular flexibility index (Phi) is 3.46. The zero-order chi connectivity index (χ0) is 18.8. The van der Waals surface area contributed by atoms with Crippen LogP contribution in [0.15, 0.2) is 35.2 Å². The average Bonchev–Trinajstić information content (AvgIpc) is 3.15. The summed E-state index contributed by atoms with van der Waals surface area (Å²) in [5, 5.41) is 0. The molecule has 1 aliphatic heterocycles. The van der Waals surface area contributed by atoms with Crippen molar-refractivity contribution in [3.63, 3.8) is 0 Å². The molecule has 2 atom stereocenters. The number of ether oxygens (including phenoxy) is 1. The summed E-state index contributed by atoms with van der Waals surface area (Å²) in [5.41, 5.74) is 6.73. The molecule has 5 rings (SSSR count). The van der Waals surface area contributed by atoms with Crippen LogP contribution in [0.2, 0.25) is 0 Å². The van der Waals surface area contributed by atoms with Gasteiger partial charge < -0.3 is 9.15 Å². The van der Waals surface area contributed by atoms with Gasteiger partial charge in [-0.05, 0) is 55.4 Å². The maximum Gasteiger partial charge on any atom is 0.331 e. The first-order chi connectivity index (χ1) is 12.9. The number of hydrogen-bond acceptors (Lipinski definition) is 4. The van der Waals surface area contributed by atoms with Crippen LogP contribution >= 0.6 is 0 Å². The Morgan fingerprint density at radius 3 is 2.81 bits per heavy atom. The maximum absolute atomic E-state index is 12.4. The van der Waals surface area contributed by atoms with E-state index in [0.29, 0.717) is 0 Å². The second-order valence-electron chi connectivity index (χ2n) is 9.08. The van der Waals surface area contributed by atoms with Crippen LogP contribution in [-0.2, 0) is 27.8 Å². The van der Waals surface area contributed by atoms with Gasteiger partial charge in [0.2, 0.25) is 0 Å². The van der Waals surface area contributed by atoms with Crippen LogP contribution in [0.4, 0.5) is 0 Å². The summed E-state index contributed by atoms with van der Waals surface area (Å²) in [5.74, 6) is -0.278. The van der Waals surface area contributed by atoms with Gasteiger partial charge in [0, 0.05) is 39.4 Å². The highest BCUT2D eigenvalue weighted by Gasteiger charge is 2.48. The monoisotopic (exact) mass is 363 g/mol. The molecule has 0 bridgehead atoms. The molecule has 0 N–H and O–H groups in total. The van der Waals surface area contributed by atoms with Gasteiger partial charge in [0.05, 0.1) is 12.5 Å². The summed E-state index contributed by atoms with van der Waals surface area (Å²) >= 11 is 0. The molecule has 0 saturated carbocycles. The first-order valence-corrected chi connectivity index (χ1v) is 9.87. The number of fused-ring (bicyclic) bond motifs is 4. The van der Waals surface area contributed by atoms with E-state index in [2.05, 4.69) is 26.8 Å². The Bertz CT molecular complexity index is 954. The number of furan rings is 1. The SMILES string of the molecule is CC1(C)CCCc2cc3c(nc21)CC[C@@]1(C)C3=CC(=O)O[C@@H]1c1ccoc1. The third-order valence-corrected chi connectivity index (χ3v) is 6.78. The van der Waals surface area contributed by atoms with Crippen LogP contribution < -0.4 is 0 Å². The van der Waals surface area contributed by atoms with Crippen LogP contribution in [-0.4, -0.2) is 11.0 Å². The van der Waals surface area contributed by atoms with Crippen molar-refractivity contribution in [3.8, 4) is 0 Å². The number of nitrogens with zero attached hydrogens (tertiary/aromatic N) is 1. The summed E-state index contributed by atoms with van der Waals surface area (Å²) in [4.78, 5) is 17.5. The highest BCUT2D eigenvalue weighted by molar-refractivity contribution is 5.96. The van der Waals surface area contributed by atoms with Crippen LogP contribution in [0.5, 0.6) is 0 Å². The summed E-state index contributed by atoms with van der Waals surface area (Å²) in [7, 11) is 0. The molecule has 2 aliphatic carbocycles. The van der Waals surface area contributed by atoms with E-state index in [1.807, 2.05) is 6.07 Å². The average molecular weight is 363 g/mol. The molecule has 0 saturated heterocycles. The van der Waals surface area contributed by atoms with Crippen molar-refractivity contribution >= 4 is 11.5 Å². The van der Waals surface area contributed by atoms with Crippen LogP contribution in [0.1, 0.15) is 74.2 Å². The molecule has 2 aromatic heterocycles.